The van der Waals surface area contributed by atoms with Gasteiger partial charge in [-0.2, -0.15) is 0 Å². The van der Waals surface area contributed by atoms with Gasteiger partial charge in [-0.05, 0) is 18.8 Å². The summed E-state index contributed by atoms with van der Waals surface area (Å²) in [4.78, 5) is 60.0. The molecule has 0 aliphatic carbocycles. The van der Waals surface area contributed by atoms with Gasteiger partial charge in [0.15, 0.2) is 5.96 Å². The summed E-state index contributed by atoms with van der Waals surface area (Å²) in [5, 5.41) is 25.5. The average molecular weight is 498 g/mol. The molecule has 35 heavy (non-hydrogen) atoms. The number of aliphatic hydroxyl groups excluding tert-OH is 1. The number of H-pyrrole nitrogens is 1. The minimum atomic E-state index is -1.53. The van der Waals surface area contributed by atoms with Crippen LogP contribution in [0.25, 0.3) is 0 Å². The fraction of sp³-hybridized carbons (Fsp3) is 0.600. The highest BCUT2D eigenvalue weighted by Gasteiger charge is 2.32. The molecule has 4 atom stereocenters. The number of aliphatic carboxylic acids is 1. The zero-order valence-electron chi connectivity index (χ0n) is 19.7. The lowest BCUT2D eigenvalue weighted by molar-refractivity contribution is -0.143. The van der Waals surface area contributed by atoms with E-state index in [1.54, 1.807) is 13.8 Å². The molecule has 0 aromatic carbocycles. The SMILES string of the molecule is CC(C)C(NC(=O)C(Cc1cnc[nH]1)NC(=O)C(N)CCCN=C(N)N)C(=O)NC(CO)C(=O)O. The van der Waals surface area contributed by atoms with Crippen LogP contribution >= 0.6 is 0 Å². The predicted octanol–water partition coefficient (Wildman–Crippen LogP) is -3.48. The number of hydrogen-bond donors (Lipinski definition) is 9. The van der Waals surface area contributed by atoms with Gasteiger partial charge in [-0.15, -0.1) is 0 Å². The first-order valence-electron chi connectivity index (χ1n) is 11.0. The van der Waals surface area contributed by atoms with E-state index in [-0.39, 0.29) is 25.3 Å². The number of amides is 3. The van der Waals surface area contributed by atoms with Crippen molar-refractivity contribution in [2.45, 2.75) is 57.3 Å². The number of nitrogens with zero attached hydrogens (tertiary/aromatic N) is 2. The summed E-state index contributed by atoms with van der Waals surface area (Å²) in [6.07, 6.45) is 3.61. The molecule has 12 N–H and O–H groups in total. The van der Waals surface area contributed by atoms with Crippen molar-refractivity contribution in [1.82, 2.24) is 25.9 Å². The van der Waals surface area contributed by atoms with Crippen molar-refractivity contribution in [3.8, 4) is 0 Å². The van der Waals surface area contributed by atoms with Crippen LogP contribution in [0, 0.1) is 5.92 Å². The first-order valence-corrected chi connectivity index (χ1v) is 11.0. The summed E-state index contributed by atoms with van der Waals surface area (Å²) >= 11 is 0. The predicted molar refractivity (Wildman–Crippen MR) is 126 cm³/mol. The first-order chi connectivity index (χ1) is 16.5. The van der Waals surface area contributed by atoms with Crippen molar-refractivity contribution in [1.29, 1.82) is 0 Å². The number of imidazole rings is 1. The Morgan fingerprint density at radius 2 is 1.74 bits per heavy atom. The van der Waals surface area contributed by atoms with E-state index in [2.05, 4.69) is 30.9 Å². The number of carboxylic acid groups (broad SMARTS) is 1. The van der Waals surface area contributed by atoms with Crippen LogP contribution in [0.3, 0.4) is 0 Å². The molecule has 0 saturated heterocycles. The highest BCUT2D eigenvalue weighted by molar-refractivity contribution is 5.94. The van der Waals surface area contributed by atoms with Gasteiger partial charge in [0.2, 0.25) is 17.7 Å². The summed E-state index contributed by atoms with van der Waals surface area (Å²) in [5.41, 5.74) is 17.0. The molecule has 0 bridgehead atoms. The fourth-order valence-corrected chi connectivity index (χ4v) is 2.99. The smallest absolute Gasteiger partial charge is 0.328 e. The van der Waals surface area contributed by atoms with E-state index < -0.39 is 60.4 Å². The average Bonchev–Trinajstić information content (AvgIpc) is 3.30. The van der Waals surface area contributed by atoms with Crippen LogP contribution in [0.5, 0.6) is 0 Å². The molecule has 1 aromatic heterocycles. The second kappa shape index (κ2) is 14.5. The third-order valence-corrected chi connectivity index (χ3v) is 4.96. The number of aliphatic hydroxyl groups is 1. The van der Waals surface area contributed by atoms with Crippen molar-refractivity contribution in [3.05, 3.63) is 18.2 Å². The number of aliphatic imine (C=N–C) groups is 1. The number of rotatable bonds is 15. The quantitative estimate of drug-likeness (QED) is 0.0656. The molecule has 0 fully saturated rings. The molecule has 15 nitrogen and oxygen atoms in total. The van der Waals surface area contributed by atoms with Gasteiger partial charge in [0.1, 0.15) is 18.1 Å². The fourth-order valence-electron chi connectivity index (χ4n) is 2.99. The van der Waals surface area contributed by atoms with E-state index in [1.807, 2.05) is 0 Å². The molecule has 1 heterocycles. The maximum Gasteiger partial charge on any atom is 0.328 e. The van der Waals surface area contributed by atoms with Gasteiger partial charge >= 0.3 is 5.97 Å². The van der Waals surface area contributed by atoms with Crippen molar-refractivity contribution in [2.24, 2.45) is 28.1 Å². The van der Waals surface area contributed by atoms with E-state index >= 15 is 0 Å². The van der Waals surface area contributed by atoms with Gasteiger partial charge < -0.3 is 48.3 Å². The highest BCUT2D eigenvalue weighted by Crippen LogP contribution is 2.06. The minimum absolute atomic E-state index is 0.0269. The van der Waals surface area contributed by atoms with Crippen molar-refractivity contribution in [2.75, 3.05) is 13.2 Å². The standard InChI is InChI=1S/C20H35N9O6/c1-10(2)15(18(33)28-14(8-30)19(34)35)29-17(32)13(6-11-7-24-9-26-11)27-16(31)12(21)4-3-5-25-20(22)23/h7,9-10,12-15,30H,3-6,8,21H2,1-2H3,(H,24,26)(H,27,31)(H,28,33)(H,29,32)(H,34,35)(H4,22,23,25). The molecule has 0 spiro atoms. The lowest BCUT2D eigenvalue weighted by Crippen LogP contribution is -2.59. The van der Waals surface area contributed by atoms with E-state index in [9.17, 15) is 19.2 Å². The van der Waals surface area contributed by atoms with Crippen molar-refractivity contribution in [3.63, 3.8) is 0 Å². The van der Waals surface area contributed by atoms with Crippen LogP contribution < -0.4 is 33.2 Å². The molecule has 4 unspecified atom stereocenters. The first kappa shape index (κ1) is 29.3. The summed E-state index contributed by atoms with van der Waals surface area (Å²) < 4.78 is 0. The number of hydrogen-bond acceptors (Lipinski definition) is 8. The van der Waals surface area contributed by atoms with Crippen molar-refractivity contribution < 1.29 is 29.4 Å². The zero-order valence-corrected chi connectivity index (χ0v) is 19.7. The highest BCUT2D eigenvalue weighted by atomic mass is 16.4. The minimum Gasteiger partial charge on any atom is -0.480 e. The largest absolute Gasteiger partial charge is 0.480 e. The number of nitrogens with two attached hydrogens (primary N) is 3. The van der Waals surface area contributed by atoms with Crippen LogP contribution in [-0.4, -0.2) is 87.2 Å². The van der Waals surface area contributed by atoms with E-state index in [0.29, 0.717) is 12.1 Å². The van der Waals surface area contributed by atoms with Gasteiger partial charge in [0, 0.05) is 24.9 Å². The molecule has 0 aliphatic heterocycles. The Hall–Kier alpha value is -3.72. The molecule has 0 radical (unpaired) electrons. The van der Waals surface area contributed by atoms with Crippen LogP contribution in [0.1, 0.15) is 32.4 Å². The van der Waals surface area contributed by atoms with Crippen LogP contribution in [0.2, 0.25) is 0 Å². The normalized spacial score (nSPS) is 14.3. The Kier molecular flexibility index (Phi) is 12.2. The Morgan fingerprint density at radius 3 is 2.26 bits per heavy atom. The Morgan fingerprint density at radius 1 is 1.09 bits per heavy atom. The molecular formula is C20H35N9O6. The summed E-state index contributed by atoms with van der Waals surface area (Å²) in [5.74, 6) is -4.01. The third kappa shape index (κ3) is 10.4. The number of aromatic amines is 1. The maximum atomic E-state index is 13.1. The Labute approximate surface area is 202 Å². The second-order valence-corrected chi connectivity index (χ2v) is 8.21. The van der Waals surface area contributed by atoms with E-state index in [0.717, 1.165) is 0 Å². The monoisotopic (exact) mass is 497 g/mol. The van der Waals surface area contributed by atoms with E-state index in [1.165, 1.54) is 12.5 Å². The van der Waals surface area contributed by atoms with Gasteiger partial charge in [-0.1, -0.05) is 13.8 Å². The van der Waals surface area contributed by atoms with Gasteiger partial charge in [-0.3, -0.25) is 19.4 Å². The number of nitrogens with one attached hydrogen (secondary N) is 4. The zero-order chi connectivity index (χ0) is 26.5. The van der Waals surface area contributed by atoms with Crippen LogP contribution in [-0.2, 0) is 25.6 Å². The molecule has 1 rings (SSSR count). The summed E-state index contributed by atoms with van der Waals surface area (Å²) in [6.45, 7) is 2.76. The summed E-state index contributed by atoms with van der Waals surface area (Å²) in [6, 6.07) is -4.72. The molecular weight excluding hydrogens is 462 g/mol. The van der Waals surface area contributed by atoms with E-state index in [4.69, 9.17) is 27.4 Å². The lowest BCUT2D eigenvalue weighted by atomic mass is 10.0. The van der Waals surface area contributed by atoms with Crippen molar-refractivity contribution >= 4 is 29.7 Å². The summed E-state index contributed by atoms with van der Waals surface area (Å²) in [7, 11) is 0. The van der Waals surface area contributed by atoms with Gasteiger partial charge in [0.05, 0.1) is 19.0 Å². The topological polar surface area (TPSA) is 264 Å². The molecule has 196 valence electrons. The van der Waals surface area contributed by atoms with Gasteiger partial charge in [-0.25, -0.2) is 9.78 Å². The molecule has 3 amide bonds. The lowest BCUT2D eigenvalue weighted by Gasteiger charge is -2.26. The van der Waals surface area contributed by atoms with Gasteiger partial charge in [0.25, 0.3) is 0 Å². The number of carbonyl (C=O) groups excluding carboxylic acids is 3. The Balaban J connectivity index is 2.92. The number of aromatic nitrogens is 2. The third-order valence-electron chi connectivity index (χ3n) is 4.96. The maximum absolute atomic E-state index is 13.1. The number of guanidine groups is 1. The Bertz CT molecular complexity index is 870. The van der Waals surface area contributed by atoms with Crippen LogP contribution in [0.4, 0.5) is 0 Å². The van der Waals surface area contributed by atoms with Crippen LogP contribution in [0.15, 0.2) is 17.5 Å². The molecule has 1 aromatic rings. The number of carboxylic acids is 1. The molecule has 0 aliphatic rings. The second-order valence-electron chi connectivity index (χ2n) is 8.21. The number of carbonyl (C=O) groups is 4. The molecule has 0 saturated carbocycles. The molecule has 15 heteroatoms.